The highest BCUT2D eigenvalue weighted by molar-refractivity contribution is 7.91. The third-order valence-electron chi connectivity index (χ3n) is 3.89. The molecule has 2 heterocycles. The molecule has 5 nitrogen and oxygen atoms in total. The Labute approximate surface area is 132 Å². The van der Waals surface area contributed by atoms with Crippen molar-refractivity contribution in [2.24, 2.45) is 0 Å². The minimum Gasteiger partial charge on any atom is -0.317 e. The zero-order chi connectivity index (χ0) is 15.5. The first-order chi connectivity index (χ1) is 9.95. The second kappa shape index (κ2) is 7.19. The highest BCUT2D eigenvalue weighted by atomic mass is 32.2. The molecule has 1 atom stereocenters. The van der Waals surface area contributed by atoms with Crippen LogP contribution in [0.5, 0.6) is 0 Å². The minimum absolute atomic E-state index is 0.327. The van der Waals surface area contributed by atoms with Crippen molar-refractivity contribution in [1.82, 2.24) is 14.5 Å². The number of likely N-dealkylation sites (N-methyl/N-ethyl adjacent to an activating group) is 2. The second-order valence-corrected chi connectivity index (χ2v) is 8.93. The van der Waals surface area contributed by atoms with Crippen molar-refractivity contribution >= 4 is 21.4 Å². The van der Waals surface area contributed by atoms with Gasteiger partial charge in [0.05, 0.1) is 0 Å². The van der Waals surface area contributed by atoms with Crippen LogP contribution in [0.3, 0.4) is 0 Å². The average Bonchev–Trinajstić information content (AvgIpc) is 3.08. The van der Waals surface area contributed by atoms with Gasteiger partial charge in [-0.2, -0.15) is 4.31 Å². The Bertz CT molecular complexity index is 554. The molecule has 0 aliphatic carbocycles. The van der Waals surface area contributed by atoms with Crippen LogP contribution >= 0.6 is 11.3 Å². The molecule has 1 N–H and O–H groups in total. The van der Waals surface area contributed by atoms with Gasteiger partial charge in [-0.25, -0.2) is 8.42 Å². The summed E-state index contributed by atoms with van der Waals surface area (Å²) < 4.78 is 27.4. The van der Waals surface area contributed by atoms with E-state index >= 15 is 0 Å². The highest BCUT2D eigenvalue weighted by Gasteiger charge is 2.34. The average molecular weight is 332 g/mol. The molecule has 0 aromatic carbocycles. The number of nitrogens with zero attached hydrogens (tertiary/aromatic N) is 2. The van der Waals surface area contributed by atoms with Crippen molar-refractivity contribution in [3.63, 3.8) is 0 Å². The van der Waals surface area contributed by atoms with Gasteiger partial charge in [0.15, 0.2) is 0 Å². The first-order valence-corrected chi connectivity index (χ1v) is 9.66. The van der Waals surface area contributed by atoms with E-state index in [4.69, 9.17) is 0 Å². The minimum atomic E-state index is -3.31. The molecule has 1 aliphatic rings. The lowest BCUT2D eigenvalue weighted by molar-refractivity contribution is 0.302. The van der Waals surface area contributed by atoms with Gasteiger partial charge in [-0.05, 0) is 52.2 Å². The fraction of sp³-hybridized carbons (Fsp3) is 0.714. The maximum atomic E-state index is 12.6. The van der Waals surface area contributed by atoms with Gasteiger partial charge in [-0.3, -0.25) is 0 Å². The molecule has 1 aromatic heterocycles. The number of hydrogen-bond acceptors (Lipinski definition) is 5. The monoisotopic (exact) mass is 331 g/mol. The summed E-state index contributed by atoms with van der Waals surface area (Å²) in [6.45, 7) is 5.12. The summed E-state index contributed by atoms with van der Waals surface area (Å²) in [4.78, 5) is 3.23. The van der Waals surface area contributed by atoms with Gasteiger partial charge >= 0.3 is 0 Å². The van der Waals surface area contributed by atoms with Gasteiger partial charge < -0.3 is 10.2 Å². The van der Waals surface area contributed by atoms with E-state index in [2.05, 4.69) is 17.1 Å². The molecular weight excluding hydrogens is 306 g/mol. The molecule has 1 fully saturated rings. The van der Waals surface area contributed by atoms with E-state index in [1.54, 1.807) is 10.4 Å². The zero-order valence-electron chi connectivity index (χ0n) is 13.0. The lowest BCUT2D eigenvalue weighted by Crippen LogP contribution is -2.34. The Morgan fingerprint density at radius 1 is 1.43 bits per heavy atom. The molecule has 7 heteroatoms. The van der Waals surface area contributed by atoms with E-state index < -0.39 is 10.0 Å². The van der Waals surface area contributed by atoms with Crippen LogP contribution in [-0.4, -0.2) is 63.9 Å². The largest absolute Gasteiger partial charge is 0.317 e. The van der Waals surface area contributed by atoms with Crippen molar-refractivity contribution in [1.29, 1.82) is 0 Å². The van der Waals surface area contributed by atoms with Crippen molar-refractivity contribution in [2.45, 2.75) is 30.0 Å². The Morgan fingerprint density at radius 3 is 2.81 bits per heavy atom. The Kier molecular flexibility index (Phi) is 5.79. The van der Waals surface area contributed by atoms with E-state index in [1.807, 2.05) is 20.2 Å². The molecule has 1 aromatic rings. The summed E-state index contributed by atoms with van der Waals surface area (Å²) in [5, 5.41) is 3.26. The standard InChI is InChI=1S/C14H25N3O2S2/c1-4-15-9-7-13-5-6-14(20-13)21(18,19)17-10-8-12(11-17)16(2)3/h5-6,12,15H,4,7-11H2,1-3H3. The molecular formula is C14H25N3O2S2. The highest BCUT2D eigenvalue weighted by Crippen LogP contribution is 2.28. The molecule has 0 bridgehead atoms. The summed E-state index contributed by atoms with van der Waals surface area (Å²) in [7, 11) is 0.699. The van der Waals surface area contributed by atoms with Crippen LogP contribution in [0.15, 0.2) is 16.3 Å². The fourth-order valence-corrected chi connectivity index (χ4v) is 5.50. The van der Waals surface area contributed by atoms with Gasteiger partial charge in [0, 0.05) is 24.0 Å². The topological polar surface area (TPSA) is 52.7 Å². The first kappa shape index (κ1) is 16.9. The van der Waals surface area contributed by atoms with Crippen molar-refractivity contribution in [2.75, 3.05) is 40.3 Å². The van der Waals surface area contributed by atoms with Gasteiger partial charge in [0.1, 0.15) is 4.21 Å². The Morgan fingerprint density at radius 2 is 2.19 bits per heavy atom. The maximum absolute atomic E-state index is 12.6. The smallest absolute Gasteiger partial charge is 0.252 e. The van der Waals surface area contributed by atoms with Crippen molar-refractivity contribution in [3.05, 3.63) is 17.0 Å². The molecule has 0 spiro atoms. The van der Waals surface area contributed by atoms with Crippen LogP contribution in [0.1, 0.15) is 18.2 Å². The predicted molar refractivity (Wildman–Crippen MR) is 87.4 cm³/mol. The zero-order valence-corrected chi connectivity index (χ0v) is 14.6. The van der Waals surface area contributed by atoms with Crippen LogP contribution < -0.4 is 5.32 Å². The maximum Gasteiger partial charge on any atom is 0.252 e. The quantitative estimate of drug-likeness (QED) is 0.764. The molecule has 0 saturated carbocycles. The number of sulfonamides is 1. The van der Waals surface area contributed by atoms with Crippen LogP contribution in [0, 0.1) is 0 Å². The lowest BCUT2D eigenvalue weighted by Gasteiger charge is -2.19. The van der Waals surface area contributed by atoms with Crippen molar-refractivity contribution < 1.29 is 8.42 Å². The molecule has 1 unspecified atom stereocenters. The predicted octanol–water partition coefficient (Wildman–Crippen LogP) is 1.22. The fourth-order valence-electron chi connectivity index (χ4n) is 2.50. The van der Waals surface area contributed by atoms with E-state index in [0.717, 1.165) is 30.8 Å². The molecule has 21 heavy (non-hydrogen) atoms. The first-order valence-electron chi connectivity index (χ1n) is 7.41. The third-order valence-corrected chi connectivity index (χ3v) is 7.36. The van der Waals surface area contributed by atoms with E-state index in [1.165, 1.54) is 11.3 Å². The summed E-state index contributed by atoms with van der Waals surface area (Å²) in [5.74, 6) is 0. The molecule has 1 aliphatic heterocycles. The SMILES string of the molecule is CCNCCc1ccc(S(=O)(=O)N2CCC(N(C)C)C2)s1. The summed E-state index contributed by atoms with van der Waals surface area (Å²) in [6.07, 6.45) is 1.79. The van der Waals surface area contributed by atoms with Gasteiger partial charge in [-0.1, -0.05) is 6.92 Å². The molecule has 2 rings (SSSR count). The van der Waals surface area contributed by atoms with Gasteiger partial charge in [0.2, 0.25) is 0 Å². The van der Waals surface area contributed by atoms with Gasteiger partial charge in [-0.15, -0.1) is 11.3 Å². The Hall–Kier alpha value is -0.470. The van der Waals surface area contributed by atoms with Crippen LogP contribution in [0.2, 0.25) is 0 Å². The van der Waals surface area contributed by atoms with Crippen LogP contribution in [0.25, 0.3) is 0 Å². The van der Waals surface area contributed by atoms with Crippen LogP contribution in [-0.2, 0) is 16.4 Å². The summed E-state index contributed by atoms with van der Waals surface area (Å²) in [5.41, 5.74) is 0. The lowest BCUT2D eigenvalue weighted by atomic mass is 10.2. The van der Waals surface area contributed by atoms with E-state index in [-0.39, 0.29) is 0 Å². The summed E-state index contributed by atoms with van der Waals surface area (Å²) >= 11 is 1.40. The molecule has 0 amide bonds. The number of hydrogen-bond donors (Lipinski definition) is 1. The van der Waals surface area contributed by atoms with Crippen LogP contribution in [0.4, 0.5) is 0 Å². The second-order valence-electron chi connectivity index (χ2n) is 5.59. The molecule has 120 valence electrons. The number of nitrogens with one attached hydrogen (secondary N) is 1. The van der Waals surface area contributed by atoms with Gasteiger partial charge in [0.25, 0.3) is 10.0 Å². The van der Waals surface area contributed by atoms with Crippen molar-refractivity contribution in [3.8, 4) is 0 Å². The summed E-state index contributed by atoms with van der Waals surface area (Å²) in [6, 6.07) is 4.02. The third kappa shape index (κ3) is 4.04. The van der Waals surface area contributed by atoms with E-state index in [9.17, 15) is 8.42 Å². The molecule has 1 saturated heterocycles. The normalized spacial score (nSPS) is 20.5. The number of thiophene rings is 1. The van der Waals surface area contributed by atoms with E-state index in [0.29, 0.717) is 23.3 Å². The Balaban J connectivity index is 2.03. The number of rotatable bonds is 7. The molecule has 0 radical (unpaired) electrons.